The van der Waals surface area contributed by atoms with Crippen molar-refractivity contribution in [3.63, 3.8) is 0 Å². The third-order valence-electron chi connectivity index (χ3n) is 7.98. The summed E-state index contributed by atoms with van der Waals surface area (Å²) in [4.78, 5) is 19.8. The molecule has 0 fully saturated rings. The Bertz CT molecular complexity index is 2460. The Kier molecular flexibility index (Phi) is 5.00. The maximum absolute atomic E-state index is 5.06. The Morgan fingerprint density at radius 2 is 1.36 bits per heavy atom. The minimum Gasteiger partial charge on any atom is -0.309 e. The van der Waals surface area contributed by atoms with Gasteiger partial charge in [-0.05, 0) is 48.5 Å². The van der Waals surface area contributed by atoms with Gasteiger partial charge in [0.15, 0.2) is 5.82 Å². The molecule has 0 saturated carbocycles. The number of fused-ring (bicyclic) bond motifs is 7. The van der Waals surface area contributed by atoms with Crippen LogP contribution in [0.5, 0.6) is 0 Å². The standard InChI is InChI=1S/C36H21N5S/c1-2-8-22(9-3-1)34-26-11-4-6-12-30(26)39-35(40-34)23-14-16-24(17-15-23)41-31-13-7-5-10-25(31)27-18-28-29-20-37-21-38-36(29)42-33(28)19-32(27)41/h1-21H. The van der Waals surface area contributed by atoms with E-state index in [0.29, 0.717) is 0 Å². The molecule has 0 unspecified atom stereocenters. The summed E-state index contributed by atoms with van der Waals surface area (Å²) in [6.45, 7) is 0. The number of hydrogen-bond donors (Lipinski definition) is 0. The molecule has 0 radical (unpaired) electrons. The third kappa shape index (κ3) is 3.49. The lowest BCUT2D eigenvalue weighted by Gasteiger charge is -2.11. The number of hydrogen-bond acceptors (Lipinski definition) is 5. The lowest BCUT2D eigenvalue weighted by molar-refractivity contribution is 1.18. The van der Waals surface area contributed by atoms with Gasteiger partial charge in [-0.1, -0.05) is 66.7 Å². The predicted octanol–water partition coefficient (Wildman–Crippen LogP) is 9.22. The number of nitrogens with zero attached hydrogens (tertiary/aromatic N) is 5. The first-order chi connectivity index (χ1) is 20.8. The van der Waals surface area contributed by atoms with Gasteiger partial charge >= 0.3 is 0 Å². The van der Waals surface area contributed by atoms with E-state index in [4.69, 9.17) is 9.97 Å². The van der Waals surface area contributed by atoms with Crippen LogP contribution < -0.4 is 0 Å². The molecule has 0 aliphatic heterocycles. The highest BCUT2D eigenvalue weighted by molar-refractivity contribution is 7.25. The average Bonchev–Trinajstić information content (AvgIpc) is 3.58. The molecular weight excluding hydrogens is 534 g/mol. The smallest absolute Gasteiger partial charge is 0.160 e. The molecule has 5 nitrogen and oxygen atoms in total. The Balaban J connectivity index is 1.23. The van der Waals surface area contributed by atoms with Gasteiger partial charge < -0.3 is 4.57 Å². The number of aromatic nitrogens is 5. The highest BCUT2D eigenvalue weighted by Crippen LogP contribution is 2.40. The van der Waals surface area contributed by atoms with E-state index in [0.717, 1.165) is 49.5 Å². The summed E-state index contributed by atoms with van der Waals surface area (Å²) in [5.41, 5.74) is 7.38. The molecule has 0 spiro atoms. The molecule has 5 aromatic carbocycles. The lowest BCUT2D eigenvalue weighted by atomic mass is 10.1. The molecule has 4 heterocycles. The first-order valence-corrected chi connectivity index (χ1v) is 14.6. The summed E-state index contributed by atoms with van der Waals surface area (Å²) in [5.74, 6) is 0.717. The molecule has 0 aliphatic rings. The first-order valence-electron chi connectivity index (χ1n) is 13.8. The number of benzene rings is 5. The van der Waals surface area contributed by atoms with Crippen LogP contribution in [0.1, 0.15) is 0 Å². The predicted molar refractivity (Wildman–Crippen MR) is 173 cm³/mol. The highest BCUT2D eigenvalue weighted by Gasteiger charge is 2.17. The molecule has 0 N–H and O–H groups in total. The lowest BCUT2D eigenvalue weighted by Crippen LogP contribution is -1.97. The van der Waals surface area contributed by atoms with Gasteiger partial charge in [-0.2, -0.15) is 0 Å². The molecule has 6 heteroatoms. The van der Waals surface area contributed by atoms with E-state index in [2.05, 4.69) is 99.5 Å². The molecule has 9 aromatic rings. The van der Waals surface area contributed by atoms with Crippen molar-refractivity contribution in [3.05, 3.63) is 128 Å². The Labute approximate surface area is 244 Å². The van der Waals surface area contributed by atoms with Gasteiger partial charge in [0.05, 0.1) is 22.2 Å². The van der Waals surface area contributed by atoms with E-state index < -0.39 is 0 Å². The van der Waals surface area contributed by atoms with Crippen molar-refractivity contribution in [2.24, 2.45) is 0 Å². The van der Waals surface area contributed by atoms with Crippen LogP contribution in [0.4, 0.5) is 0 Å². The SMILES string of the molecule is c1ccc(-c2nc(-c3ccc(-n4c5ccccc5c5cc6c(cc54)sc4ncncc46)cc3)nc3ccccc23)cc1. The first kappa shape index (κ1) is 23.3. The Morgan fingerprint density at radius 1 is 0.571 bits per heavy atom. The van der Waals surface area contributed by atoms with Crippen LogP contribution in [0, 0.1) is 0 Å². The van der Waals surface area contributed by atoms with Crippen LogP contribution in [-0.4, -0.2) is 24.5 Å². The Hall–Kier alpha value is -5.46. The van der Waals surface area contributed by atoms with Crippen molar-refractivity contribution in [1.82, 2.24) is 24.5 Å². The molecule has 0 bridgehead atoms. The molecule has 0 atom stereocenters. The van der Waals surface area contributed by atoms with Crippen LogP contribution in [0.15, 0.2) is 128 Å². The van der Waals surface area contributed by atoms with Gasteiger partial charge in [0.2, 0.25) is 0 Å². The fourth-order valence-electron chi connectivity index (χ4n) is 6.04. The van der Waals surface area contributed by atoms with Gasteiger partial charge in [-0.15, -0.1) is 11.3 Å². The van der Waals surface area contributed by atoms with E-state index >= 15 is 0 Å². The van der Waals surface area contributed by atoms with Crippen LogP contribution in [0.25, 0.3) is 81.3 Å². The van der Waals surface area contributed by atoms with Crippen LogP contribution in [0.2, 0.25) is 0 Å². The van der Waals surface area contributed by atoms with Gasteiger partial charge in [0.25, 0.3) is 0 Å². The fraction of sp³-hybridized carbons (Fsp3) is 0. The van der Waals surface area contributed by atoms with E-state index in [1.54, 1.807) is 17.7 Å². The fourth-order valence-corrected chi connectivity index (χ4v) is 7.07. The summed E-state index contributed by atoms with van der Waals surface area (Å²) < 4.78 is 3.55. The van der Waals surface area contributed by atoms with Gasteiger partial charge in [0, 0.05) is 54.6 Å². The molecular formula is C36H21N5S. The van der Waals surface area contributed by atoms with Gasteiger partial charge in [-0.3, -0.25) is 0 Å². The maximum Gasteiger partial charge on any atom is 0.160 e. The quantitative estimate of drug-likeness (QED) is 0.218. The molecule has 0 saturated heterocycles. The van der Waals surface area contributed by atoms with Crippen LogP contribution in [-0.2, 0) is 0 Å². The summed E-state index contributed by atoms with van der Waals surface area (Å²) in [6, 6.07) is 40.3. The van der Waals surface area contributed by atoms with E-state index in [9.17, 15) is 0 Å². The normalized spacial score (nSPS) is 11.8. The second-order valence-corrected chi connectivity index (χ2v) is 11.4. The summed E-state index contributed by atoms with van der Waals surface area (Å²) in [7, 11) is 0. The van der Waals surface area contributed by atoms with Gasteiger partial charge in [0.1, 0.15) is 11.2 Å². The average molecular weight is 556 g/mol. The monoisotopic (exact) mass is 555 g/mol. The van der Waals surface area contributed by atoms with Crippen molar-refractivity contribution in [3.8, 4) is 28.3 Å². The third-order valence-corrected chi connectivity index (χ3v) is 9.06. The van der Waals surface area contributed by atoms with E-state index in [1.165, 1.54) is 31.9 Å². The van der Waals surface area contributed by atoms with Crippen molar-refractivity contribution in [1.29, 1.82) is 0 Å². The molecule has 9 rings (SSSR count). The van der Waals surface area contributed by atoms with Crippen LogP contribution in [0.3, 0.4) is 0 Å². The van der Waals surface area contributed by atoms with Crippen molar-refractivity contribution in [2.45, 2.75) is 0 Å². The Morgan fingerprint density at radius 3 is 2.24 bits per heavy atom. The summed E-state index contributed by atoms with van der Waals surface area (Å²) >= 11 is 1.71. The van der Waals surface area contributed by atoms with Crippen molar-refractivity contribution >= 4 is 64.3 Å². The molecule has 0 amide bonds. The number of para-hydroxylation sites is 2. The zero-order valence-electron chi connectivity index (χ0n) is 22.3. The molecule has 196 valence electrons. The second kappa shape index (κ2) is 9.03. The largest absolute Gasteiger partial charge is 0.309 e. The highest BCUT2D eigenvalue weighted by atomic mass is 32.1. The minimum absolute atomic E-state index is 0.717. The number of rotatable bonds is 3. The number of thiophene rings is 1. The second-order valence-electron chi connectivity index (χ2n) is 10.4. The molecule has 42 heavy (non-hydrogen) atoms. The zero-order valence-corrected chi connectivity index (χ0v) is 23.1. The van der Waals surface area contributed by atoms with E-state index in [-0.39, 0.29) is 0 Å². The van der Waals surface area contributed by atoms with Crippen LogP contribution >= 0.6 is 11.3 Å². The minimum atomic E-state index is 0.717. The summed E-state index contributed by atoms with van der Waals surface area (Å²) in [6.07, 6.45) is 3.54. The molecule has 4 aromatic heterocycles. The van der Waals surface area contributed by atoms with Crippen molar-refractivity contribution < 1.29 is 0 Å². The van der Waals surface area contributed by atoms with Crippen molar-refractivity contribution in [2.75, 3.05) is 0 Å². The van der Waals surface area contributed by atoms with Gasteiger partial charge in [-0.25, -0.2) is 19.9 Å². The topological polar surface area (TPSA) is 56.5 Å². The molecule has 0 aliphatic carbocycles. The zero-order chi connectivity index (χ0) is 27.6. The summed E-state index contributed by atoms with van der Waals surface area (Å²) in [5, 5.41) is 5.79. The maximum atomic E-state index is 5.06. The van der Waals surface area contributed by atoms with E-state index in [1.807, 2.05) is 36.5 Å².